The zero-order chi connectivity index (χ0) is 28.7. The van der Waals surface area contributed by atoms with Crippen LogP contribution in [0.15, 0.2) is 97.2 Å². The number of amides is 1. The van der Waals surface area contributed by atoms with Crippen molar-refractivity contribution in [1.29, 1.82) is 0 Å². The Balaban J connectivity index is 1.36. The van der Waals surface area contributed by atoms with Crippen molar-refractivity contribution in [3.05, 3.63) is 119 Å². The number of nitrogens with zero attached hydrogens (tertiary/aromatic N) is 3. The molecule has 0 atom stereocenters. The summed E-state index contributed by atoms with van der Waals surface area (Å²) in [5.74, 6) is 0.359. The number of aromatic hydroxyl groups is 1. The SMILES string of the molecule is O=C1CN(c2ccc(-n3cc(-c4ccc(Cl)cc4Cl)nc3Cc3ccc(-c4cccc(O)c4)cc3)cc2)S(=O)(=O)N1. The lowest BCUT2D eigenvalue weighted by Crippen LogP contribution is -2.29. The van der Waals surface area contributed by atoms with Crippen LogP contribution in [-0.4, -0.2) is 35.5 Å². The molecule has 6 rings (SSSR count). The molecule has 4 aromatic carbocycles. The Bertz CT molecular complexity index is 1890. The lowest BCUT2D eigenvalue weighted by Gasteiger charge is -2.15. The minimum atomic E-state index is -3.91. The zero-order valence-electron chi connectivity index (χ0n) is 21.3. The highest BCUT2D eigenvalue weighted by Gasteiger charge is 2.33. The van der Waals surface area contributed by atoms with Crippen molar-refractivity contribution in [3.63, 3.8) is 0 Å². The van der Waals surface area contributed by atoms with E-state index in [2.05, 4.69) is 0 Å². The van der Waals surface area contributed by atoms with Crippen LogP contribution in [0.3, 0.4) is 0 Å². The number of benzene rings is 4. The molecule has 2 heterocycles. The fraction of sp³-hybridized carbons (Fsp3) is 0.0667. The lowest BCUT2D eigenvalue weighted by molar-refractivity contribution is -0.117. The zero-order valence-corrected chi connectivity index (χ0v) is 23.7. The Morgan fingerprint density at radius 1 is 0.878 bits per heavy atom. The van der Waals surface area contributed by atoms with E-state index in [0.29, 0.717) is 27.8 Å². The Kier molecular flexibility index (Phi) is 6.94. The Labute approximate surface area is 246 Å². The number of hydrogen-bond acceptors (Lipinski definition) is 5. The van der Waals surface area contributed by atoms with E-state index in [0.717, 1.165) is 38.1 Å². The van der Waals surface area contributed by atoms with Crippen LogP contribution in [0.4, 0.5) is 5.69 Å². The quantitative estimate of drug-likeness (QED) is 0.248. The van der Waals surface area contributed by atoms with E-state index in [1.807, 2.05) is 51.9 Å². The minimum Gasteiger partial charge on any atom is -0.508 e. The molecule has 5 aromatic rings. The molecular weight excluding hydrogens is 583 g/mol. The second-order valence-electron chi connectivity index (χ2n) is 9.51. The van der Waals surface area contributed by atoms with Gasteiger partial charge in [-0.1, -0.05) is 59.6 Å². The summed E-state index contributed by atoms with van der Waals surface area (Å²) in [5.41, 5.74) is 5.39. The van der Waals surface area contributed by atoms with Gasteiger partial charge in [0.15, 0.2) is 0 Å². The molecule has 0 saturated carbocycles. The van der Waals surface area contributed by atoms with Crippen LogP contribution in [0.5, 0.6) is 5.75 Å². The second-order valence-corrected chi connectivity index (χ2v) is 12.0. The summed E-state index contributed by atoms with van der Waals surface area (Å²) in [6.07, 6.45) is 2.37. The van der Waals surface area contributed by atoms with Gasteiger partial charge in [-0.3, -0.25) is 4.79 Å². The third kappa shape index (κ3) is 5.52. The van der Waals surface area contributed by atoms with Crippen LogP contribution >= 0.6 is 23.2 Å². The summed E-state index contributed by atoms with van der Waals surface area (Å²) in [5, 5.41) is 10.8. The number of carbonyl (C=O) groups is 1. The van der Waals surface area contributed by atoms with Crippen LogP contribution in [0, 0.1) is 0 Å². The smallest absolute Gasteiger partial charge is 0.326 e. The molecule has 1 aliphatic heterocycles. The highest BCUT2D eigenvalue weighted by Crippen LogP contribution is 2.32. The van der Waals surface area contributed by atoms with Gasteiger partial charge in [0, 0.05) is 28.9 Å². The third-order valence-electron chi connectivity index (χ3n) is 6.72. The monoisotopic (exact) mass is 604 g/mol. The maximum Gasteiger partial charge on any atom is 0.326 e. The molecule has 1 fully saturated rings. The van der Waals surface area contributed by atoms with Crippen LogP contribution < -0.4 is 9.03 Å². The molecular formula is C30H22Cl2N4O4S. The molecule has 0 aliphatic carbocycles. The van der Waals surface area contributed by atoms with Crippen molar-refractivity contribution >= 4 is 45.0 Å². The van der Waals surface area contributed by atoms with Gasteiger partial charge in [-0.15, -0.1) is 0 Å². The van der Waals surface area contributed by atoms with E-state index in [9.17, 15) is 18.3 Å². The first-order chi connectivity index (χ1) is 19.7. The van der Waals surface area contributed by atoms with Crippen LogP contribution in [0.1, 0.15) is 11.4 Å². The number of phenols is 1. The summed E-state index contributed by atoms with van der Waals surface area (Å²) in [6.45, 7) is -0.268. The molecule has 0 spiro atoms. The average molecular weight is 606 g/mol. The number of rotatable bonds is 6. The van der Waals surface area contributed by atoms with Gasteiger partial charge >= 0.3 is 10.2 Å². The first-order valence-electron chi connectivity index (χ1n) is 12.5. The van der Waals surface area contributed by atoms with Crippen LogP contribution in [-0.2, 0) is 21.4 Å². The minimum absolute atomic E-state index is 0.207. The molecule has 41 heavy (non-hydrogen) atoms. The predicted octanol–water partition coefficient (Wildman–Crippen LogP) is 5.99. The van der Waals surface area contributed by atoms with Crippen molar-refractivity contribution < 1.29 is 18.3 Å². The number of nitrogens with one attached hydrogen (secondary N) is 1. The van der Waals surface area contributed by atoms with Crippen LogP contribution in [0.25, 0.3) is 28.1 Å². The number of halogens is 2. The number of phenolic OH excluding ortho intramolecular Hbond substituents is 1. The van der Waals surface area contributed by atoms with Gasteiger partial charge in [-0.2, -0.15) is 8.42 Å². The van der Waals surface area contributed by atoms with E-state index in [-0.39, 0.29) is 12.3 Å². The first kappa shape index (κ1) is 26.9. The summed E-state index contributed by atoms with van der Waals surface area (Å²) >= 11 is 12.6. The van der Waals surface area contributed by atoms with Crippen molar-refractivity contribution in [1.82, 2.24) is 14.3 Å². The fourth-order valence-corrected chi connectivity index (χ4v) is 6.39. The molecule has 206 valence electrons. The van der Waals surface area contributed by atoms with Gasteiger partial charge in [-0.25, -0.2) is 14.0 Å². The van der Waals surface area contributed by atoms with E-state index in [1.165, 1.54) is 0 Å². The molecule has 1 amide bonds. The van der Waals surface area contributed by atoms with Crippen molar-refractivity contribution in [2.75, 3.05) is 10.8 Å². The van der Waals surface area contributed by atoms with Gasteiger partial charge in [0.05, 0.1) is 16.4 Å². The molecule has 11 heteroatoms. The van der Waals surface area contributed by atoms with Crippen molar-refractivity contribution in [3.8, 4) is 33.8 Å². The number of hydrogen-bond donors (Lipinski definition) is 2. The fourth-order valence-electron chi connectivity index (χ4n) is 4.73. The van der Waals surface area contributed by atoms with E-state index in [4.69, 9.17) is 28.2 Å². The number of anilines is 1. The van der Waals surface area contributed by atoms with E-state index >= 15 is 0 Å². The van der Waals surface area contributed by atoms with Crippen molar-refractivity contribution in [2.24, 2.45) is 0 Å². The molecule has 0 bridgehead atoms. The number of carbonyl (C=O) groups excluding carboxylic acids is 1. The summed E-state index contributed by atoms with van der Waals surface area (Å²) in [6, 6.07) is 27.2. The first-order valence-corrected chi connectivity index (χ1v) is 14.7. The van der Waals surface area contributed by atoms with E-state index < -0.39 is 16.1 Å². The van der Waals surface area contributed by atoms with E-state index in [1.54, 1.807) is 54.6 Å². The van der Waals surface area contributed by atoms with Gasteiger partial charge in [-0.05, 0) is 71.3 Å². The average Bonchev–Trinajstić information content (AvgIpc) is 3.47. The maximum absolute atomic E-state index is 12.3. The van der Waals surface area contributed by atoms with Crippen LogP contribution in [0.2, 0.25) is 10.0 Å². The molecule has 0 radical (unpaired) electrons. The van der Waals surface area contributed by atoms with Crippen molar-refractivity contribution in [2.45, 2.75) is 6.42 Å². The molecule has 1 saturated heterocycles. The topological polar surface area (TPSA) is 105 Å². The summed E-state index contributed by atoms with van der Waals surface area (Å²) in [4.78, 5) is 16.6. The third-order valence-corrected chi connectivity index (χ3v) is 8.67. The summed E-state index contributed by atoms with van der Waals surface area (Å²) < 4.78 is 29.5. The highest BCUT2D eigenvalue weighted by molar-refractivity contribution is 7.92. The normalized spacial score (nSPS) is 14.3. The molecule has 2 N–H and O–H groups in total. The van der Waals surface area contributed by atoms with Gasteiger partial charge < -0.3 is 9.67 Å². The Morgan fingerprint density at radius 3 is 2.27 bits per heavy atom. The van der Waals surface area contributed by atoms with Gasteiger partial charge in [0.2, 0.25) is 0 Å². The second kappa shape index (κ2) is 10.6. The summed E-state index contributed by atoms with van der Waals surface area (Å²) in [7, 11) is -3.91. The Hall–Kier alpha value is -4.31. The lowest BCUT2D eigenvalue weighted by atomic mass is 10.0. The predicted molar refractivity (Wildman–Crippen MR) is 160 cm³/mol. The molecule has 8 nitrogen and oxygen atoms in total. The largest absolute Gasteiger partial charge is 0.508 e. The number of aromatic nitrogens is 2. The van der Waals surface area contributed by atoms with Gasteiger partial charge in [0.1, 0.15) is 18.1 Å². The highest BCUT2D eigenvalue weighted by atomic mass is 35.5. The standard InChI is InChI=1S/C30H22Cl2N4O4S/c31-22-8-13-26(27(32)16-22)28-17-35(23-9-11-24(12-10-23)36-18-30(38)34-41(36,39)40)29(33-28)14-19-4-6-20(7-5-19)21-2-1-3-25(37)15-21/h1-13,15-17,37H,14,18H2,(H,34,38). The Morgan fingerprint density at radius 2 is 1.61 bits per heavy atom. The number of imidazole rings is 1. The molecule has 1 aliphatic rings. The van der Waals surface area contributed by atoms with Gasteiger partial charge in [0.25, 0.3) is 5.91 Å². The maximum atomic E-state index is 12.3. The molecule has 1 aromatic heterocycles. The molecule has 0 unspecified atom stereocenters.